The van der Waals surface area contributed by atoms with Crippen LogP contribution in [0.25, 0.3) is 11.0 Å². The number of H-pyrrole nitrogens is 1. The number of nitrogens with zero attached hydrogens (tertiary/aromatic N) is 2. The number of aromatic amines is 1. The highest BCUT2D eigenvalue weighted by molar-refractivity contribution is 9.13. The summed E-state index contributed by atoms with van der Waals surface area (Å²) in [6.45, 7) is 0. The van der Waals surface area contributed by atoms with Crippen LogP contribution in [0.1, 0.15) is 0 Å². The second-order valence-corrected chi connectivity index (χ2v) is 5.57. The molecule has 82 valence electrons. The van der Waals surface area contributed by atoms with Crippen molar-refractivity contribution >= 4 is 68.4 Å². The minimum atomic E-state index is -0.448. The zero-order valence-electron chi connectivity index (χ0n) is 7.95. The summed E-state index contributed by atoms with van der Waals surface area (Å²) in [6, 6.07) is 1.84. The summed E-state index contributed by atoms with van der Waals surface area (Å²) in [6.07, 6.45) is 0. The van der Waals surface area contributed by atoms with Gasteiger partial charge in [0.05, 0.1) is 15.7 Å². The Labute approximate surface area is 112 Å². The van der Waals surface area contributed by atoms with E-state index in [2.05, 4.69) is 41.8 Å². The van der Waals surface area contributed by atoms with Crippen molar-refractivity contribution in [1.29, 1.82) is 0 Å². The Kier molecular flexibility index (Phi) is 3.27. The number of imidazole rings is 1. The van der Waals surface area contributed by atoms with Crippen molar-refractivity contribution < 1.29 is 4.33 Å². The van der Waals surface area contributed by atoms with Crippen molar-refractivity contribution in [2.45, 2.75) is 4.90 Å². The topological polar surface area (TPSA) is 71.8 Å². The molecule has 0 spiro atoms. The van der Waals surface area contributed by atoms with Gasteiger partial charge in [0.2, 0.25) is 0 Å². The van der Waals surface area contributed by atoms with Gasteiger partial charge in [-0.1, -0.05) is 0 Å². The maximum absolute atomic E-state index is 10.6. The number of hydrogen-bond donors (Lipinski definition) is 1. The van der Waals surface area contributed by atoms with Crippen LogP contribution in [-0.4, -0.2) is 22.1 Å². The highest BCUT2D eigenvalue weighted by atomic mass is 79.9. The first-order valence-electron chi connectivity index (χ1n) is 4.15. The number of nitrogens with one attached hydrogen (secondary N) is 1. The van der Waals surface area contributed by atoms with Crippen molar-refractivity contribution in [3.63, 3.8) is 0 Å². The van der Waals surface area contributed by atoms with Crippen LogP contribution in [-0.2, 0) is 0 Å². The summed E-state index contributed by atoms with van der Waals surface area (Å²) in [5.41, 5.74) is 2.11. The standard InChI is InChI=1S/C7H4BBr2N3O2S/c8-7-11-3-1-2(9)4(10)6(5(3)12-7)16-13(14)15/h1H,8H2,(H,11,12). The SMILES string of the molecule is Bc1nc2c(S[N+](=O)[O-])c(Br)c(Br)cc2[nH]1. The largest absolute Gasteiger partial charge is 0.351 e. The molecule has 0 fully saturated rings. The van der Waals surface area contributed by atoms with Crippen LogP contribution < -0.4 is 5.72 Å². The molecule has 1 N–H and O–H groups in total. The van der Waals surface area contributed by atoms with Crippen LogP contribution in [0, 0.1) is 10.1 Å². The molecule has 0 aliphatic rings. The summed E-state index contributed by atoms with van der Waals surface area (Å²) in [5, 5.41) is 10.6. The van der Waals surface area contributed by atoms with Crippen molar-refractivity contribution in [1.82, 2.24) is 9.97 Å². The molecular weight excluding hydrogens is 361 g/mol. The average molecular weight is 365 g/mol. The number of halogens is 2. The number of fused-ring (bicyclic) bond motifs is 1. The lowest BCUT2D eigenvalue weighted by Crippen LogP contribution is -2.05. The minimum Gasteiger partial charge on any atom is -0.351 e. The molecule has 9 heteroatoms. The molecule has 0 saturated heterocycles. The number of rotatable bonds is 2. The Morgan fingerprint density at radius 2 is 2.25 bits per heavy atom. The third-order valence-electron chi connectivity index (χ3n) is 1.91. The smallest absolute Gasteiger partial charge is 0.269 e. The fourth-order valence-corrected chi connectivity index (χ4v) is 3.01. The molecule has 0 atom stereocenters. The average Bonchev–Trinajstić information content (AvgIpc) is 2.53. The third kappa shape index (κ3) is 2.11. The van der Waals surface area contributed by atoms with E-state index in [-0.39, 0.29) is 0 Å². The molecule has 0 aliphatic heterocycles. The lowest BCUT2D eigenvalue weighted by Gasteiger charge is -2.01. The van der Waals surface area contributed by atoms with E-state index >= 15 is 0 Å². The fraction of sp³-hybridized carbons (Fsp3) is 0. The summed E-state index contributed by atoms with van der Waals surface area (Å²) >= 11 is 7.19. The van der Waals surface area contributed by atoms with E-state index in [9.17, 15) is 10.1 Å². The molecule has 1 aromatic heterocycles. The summed E-state index contributed by atoms with van der Waals surface area (Å²) in [4.78, 5) is 18.4. The van der Waals surface area contributed by atoms with Gasteiger partial charge in [-0.05, 0) is 37.9 Å². The monoisotopic (exact) mass is 363 g/mol. The molecule has 0 saturated carbocycles. The second kappa shape index (κ2) is 4.38. The number of nitro groups is 1. The van der Waals surface area contributed by atoms with E-state index in [0.29, 0.717) is 26.8 Å². The van der Waals surface area contributed by atoms with Crippen LogP contribution in [0.15, 0.2) is 19.9 Å². The fourth-order valence-electron chi connectivity index (χ4n) is 1.35. The number of aromatic nitrogens is 2. The van der Waals surface area contributed by atoms with Gasteiger partial charge >= 0.3 is 0 Å². The van der Waals surface area contributed by atoms with Crippen LogP contribution >= 0.6 is 43.8 Å². The van der Waals surface area contributed by atoms with Gasteiger partial charge in [-0.25, -0.2) is 4.98 Å². The van der Waals surface area contributed by atoms with Crippen molar-refractivity contribution in [2.75, 3.05) is 0 Å². The van der Waals surface area contributed by atoms with Gasteiger partial charge in [0, 0.05) is 4.47 Å². The Bertz CT molecular complexity index is 589. The molecule has 0 unspecified atom stereocenters. The van der Waals surface area contributed by atoms with E-state index < -0.39 is 4.33 Å². The lowest BCUT2D eigenvalue weighted by molar-refractivity contribution is -0.284. The molecule has 0 radical (unpaired) electrons. The molecule has 0 amide bonds. The van der Waals surface area contributed by atoms with E-state index in [1.54, 1.807) is 0 Å². The maximum atomic E-state index is 10.6. The first-order chi connectivity index (χ1) is 7.49. The summed E-state index contributed by atoms with van der Waals surface area (Å²) < 4.78 is 0.955. The Hall–Kier alpha value is -0.535. The third-order valence-corrected chi connectivity index (χ3v) is 4.88. The molecule has 1 heterocycles. The molecule has 2 aromatic rings. The van der Waals surface area contributed by atoms with Crippen molar-refractivity contribution in [3.8, 4) is 0 Å². The Morgan fingerprint density at radius 1 is 1.56 bits per heavy atom. The van der Waals surface area contributed by atoms with Gasteiger partial charge in [0.25, 0.3) is 11.9 Å². The highest BCUT2D eigenvalue weighted by Crippen LogP contribution is 2.38. The first kappa shape index (κ1) is 11.9. The molecule has 0 aliphatic carbocycles. The molecule has 5 nitrogen and oxygen atoms in total. The normalized spacial score (nSPS) is 10.9. The van der Waals surface area contributed by atoms with E-state index in [1.807, 2.05) is 13.9 Å². The molecule has 0 bridgehead atoms. The molecular formula is C7H4BBr2N3O2S. The first-order valence-corrected chi connectivity index (χ1v) is 6.51. The van der Waals surface area contributed by atoms with Gasteiger partial charge < -0.3 is 4.98 Å². The molecule has 2 rings (SSSR count). The summed E-state index contributed by atoms with van der Waals surface area (Å²) in [7, 11) is 1.81. The zero-order chi connectivity index (χ0) is 11.9. The number of benzene rings is 1. The van der Waals surface area contributed by atoms with E-state index in [0.717, 1.165) is 15.7 Å². The van der Waals surface area contributed by atoms with Crippen molar-refractivity contribution in [3.05, 3.63) is 25.1 Å². The Morgan fingerprint density at radius 3 is 2.88 bits per heavy atom. The predicted molar refractivity (Wildman–Crippen MR) is 72.5 cm³/mol. The van der Waals surface area contributed by atoms with Gasteiger partial charge in [-0.3, -0.25) is 10.1 Å². The van der Waals surface area contributed by atoms with Crippen LogP contribution in [0.5, 0.6) is 0 Å². The van der Waals surface area contributed by atoms with Crippen LogP contribution in [0.4, 0.5) is 0 Å². The highest BCUT2D eigenvalue weighted by Gasteiger charge is 2.19. The number of hydrogen-bond acceptors (Lipinski definition) is 4. The van der Waals surface area contributed by atoms with Gasteiger partial charge in [-0.15, -0.1) is 0 Å². The summed E-state index contributed by atoms with van der Waals surface area (Å²) in [5.74, 6) is 0. The Balaban J connectivity index is 2.75. The van der Waals surface area contributed by atoms with E-state index in [4.69, 9.17) is 0 Å². The van der Waals surface area contributed by atoms with Crippen molar-refractivity contribution in [2.24, 2.45) is 0 Å². The van der Waals surface area contributed by atoms with Crippen LogP contribution in [0.3, 0.4) is 0 Å². The maximum Gasteiger partial charge on any atom is 0.269 e. The minimum absolute atomic E-state index is 0.448. The second-order valence-electron chi connectivity index (χ2n) is 3.03. The zero-order valence-corrected chi connectivity index (χ0v) is 11.9. The van der Waals surface area contributed by atoms with Gasteiger partial charge in [0.1, 0.15) is 14.7 Å². The molecule has 1 aromatic carbocycles. The predicted octanol–water partition coefficient (Wildman–Crippen LogP) is 1.63. The lowest BCUT2D eigenvalue weighted by atomic mass is 10.1. The quantitative estimate of drug-likeness (QED) is 0.380. The molecule has 16 heavy (non-hydrogen) atoms. The van der Waals surface area contributed by atoms with Gasteiger partial charge in [-0.2, -0.15) is 0 Å². The van der Waals surface area contributed by atoms with E-state index in [1.165, 1.54) is 0 Å². The van der Waals surface area contributed by atoms with Crippen LogP contribution in [0.2, 0.25) is 0 Å². The van der Waals surface area contributed by atoms with Gasteiger partial charge in [0.15, 0.2) is 7.85 Å².